The van der Waals surface area contributed by atoms with Crippen molar-refractivity contribution in [3.05, 3.63) is 60.4 Å². The lowest BCUT2D eigenvalue weighted by Gasteiger charge is -2.32. The quantitative estimate of drug-likeness (QED) is 0.873. The molecule has 1 amide bonds. The van der Waals surface area contributed by atoms with Gasteiger partial charge in [0.25, 0.3) is 0 Å². The van der Waals surface area contributed by atoms with Crippen LogP contribution in [0.4, 0.5) is 10.1 Å². The van der Waals surface area contributed by atoms with E-state index in [1.54, 1.807) is 12.1 Å². The van der Waals surface area contributed by atoms with E-state index >= 15 is 0 Å². The van der Waals surface area contributed by atoms with Gasteiger partial charge in [0.1, 0.15) is 11.6 Å². The summed E-state index contributed by atoms with van der Waals surface area (Å²) in [4.78, 5) is 14.3. The average Bonchev–Trinajstić information content (AvgIpc) is 2.61. The summed E-state index contributed by atoms with van der Waals surface area (Å²) in [5.41, 5.74) is 0.492. The van der Waals surface area contributed by atoms with Gasteiger partial charge >= 0.3 is 0 Å². The summed E-state index contributed by atoms with van der Waals surface area (Å²) in [5.74, 6) is 0.823. The lowest BCUT2D eigenvalue weighted by molar-refractivity contribution is -0.117. The minimum atomic E-state index is -0.353. The Balaban J connectivity index is 1.45. The highest BCUT2D eigenvalue weighted by Crippen LogP contribution is 2.19. The van der Waals surface area contributed by atoms with Gasteiger partial charge in [-0.1, -0.05) is 24.3 Å². The Kier molecular flexibility index (Phi) is 6.01. The van der Waals surface area contributed by atoms with E-state index in [0.717, 1.165) is 31.7 Å². The van der Waals surface area contributed by atoms with Crippen LogP contribution >= 0.6 is 0 Å². The number of benzene rings is 2. The molecule has 0 aromatic heterocycles. The summed E-state index contributed by atoms with van der Waals surface area (Å²) < 4.78 is 19.0. The third-order valence-corrected chi connectivity index (χ3v) is 4.31. The molecule has 5 heteroatoms. The van der Waals surface area contributed by atoms with Crippen molar-refractivity contribution in [1.82, 2.24) is 4.90 Å². The number of nitrogens with one attached hydrogen (secondary N) is 1. The number of amides is 1. The number of ether oxygens (including phenoxy) is 1. The number of hydrogen-bond donors (Lipinski definition) is 1. The number of hydrogen-bond acceptors (Lipinski definition) is 3. The predicted molar refractivity (Wildman–Crippen MR) is 96.1 cm³/mol. The minimum absolute atomic E-state index is 0.116. The van der Waals surface area contributed by atoms with E-state index < -0.39 is 0 Å². The van der Waals surface area contributed by atoms with Crippen molar-refractivity contribution in [2.45, 2.75) is 12.8 Å². The van der Waals surface area contributed by atoms with Crippen LogP contribution < -0.4 is 10.1 Å². The normalized spacial score (nSPS) is 17.9. The Morgan fingerprint density at radius 2 is 2.04 bits per heavy atom. The van der Waals surface area contributed by atoms with Crippen LogP contribution in [0.5, 0.6) is 5.75 Å². The second-order valence-corrected chi connectivity index (χ2v) is 6.43. The Morgan fingerprint density at radius 3 is 2.84 bits per heavy atom. The van der Waals surface area contributed by atoms with E-state index in [0.29, 0.717) is 24.8 Å². The molecule has 4 nitrogen and oxygen atoms in total. The molecule has 0 spiro atoms. The highest BCUT2D eigenvalue weighted by molar-refractivity contribution is 5.92. The lowest BCUT2D eigenvalue weighted by atomic mass is 9.99. The second-order valence-electron chi connectivity index (χ2n) is 6.43. The summed E-state index contributed by atoms with van der Waals surface area (Å²) in [6, 6.07) is 15.7. The maximum absolute atomic E-state index is 13.2. The molecule has 1 aliphatic rings. The number of carbonyl (C=O) groups excluding carboxylic acids is 1. The summed E-state index contributed by atoms with van der Waals surface area (Å²) in [6.07, 6.45) is 2.16. The molecule has 0 aliphatic carbocycles. The maximum Gasteiger partial charge on any atom is 0.238 e. The zero-order valence-electron chi connectivity index (χ0n) is 14.2. The highest BCUT2D eigenvalue weighted by atomic mass is 19.1. The summed E-state index contributed by atoms with van der Waals surface area (Å²) in [5, 5.41) is 2.75. The van der Waals surface area contributed by atoms with Crippen molar-refractivity contribution in [3.63, 3.8) is 0 Å². The third kappa shape index (κ3) is 5.57. The molecule has 132 valence electrons. The van der Waals surface area contributed by atoms with Crippen LogP contribution in [-0.2, 0) is 4.79 Å². The molecule has 1 atom stereocenters. The molecule has 1 saturated heterocycles. The number of rotatable bonds is 6. The highest BCUT2D eigenvalue weighted by Gasteiger charge is 2.22. The maximum atomic E-state index is 13.2. The van der Waals surface area contributed by atoms with Gasteiger partial charge in [0.05, 0.1) is 13.2 Å². The molecule has 25 heavy (non-hydrogen) atoms. The molecule has 2 aromatic carbocycles. The number of para-hydroxylation sites is 1. The van der Waals surface area contributed by atoms with Crippen LogP contribution in [0.2, 0.25) is 0 Å². The lowest BCUT2D eigenvalue weighted by Crippen LogP contribution is -2.42. The van der Waals surface area contributed by atoms with Crippen LogP contribution in [0.25, 0.3) is 0 Å². The Morgan fingerprint density at radius 1 is 1.20 bits per heavy atom. The topological polar surface area (TPSA) is 41.6 Å². The van der Waals surface area contributed by atoms with Gasteiger partial charge in [0.2, 0.25) is 5.91 Å². The molecule has 1 unspecified atom stereocenters. The van der Waals surface area contributed by atoms with Gasteiger partial charge in [-0.25, -0.2) is 4.39 Å². The summed E-state index contributed by atoms with van der Waals surface area (Å²) >= 11 is 0. The van der Waals surface area contributed by atoms with Crippen LogP contribution in [-0.4, -0.2) is 37.0 Å². The van der Waals surface area contributed by atoms with Crippen LogP contribution in [0.3, 0.4) is 0 Å². The van der Waals surface area contributed by atoms with Crippen LogP contribution in [0, 0.1) is 11.7 Å². The fourth-order valence-corrected chi connectivity index (χ4v) is 3.13. The van der Waals surface area contributed by atoms with E-state index in [2.05, 4.69) is 10.2 Å². The minimum Gasteiger partial charge on any atom is -0.493 e. The first kappa shape index (κ1) is 17.4. The number of halogens is 1. The second kappa shape index (κ2) is 8.62. The Hall–Kier alpha value is -2.40. The van der Waals surface area contributed by atoms with Gasteiger partial charge in [0.15, 0.2) is 0 Å². The Labute approximate surface area is 147 Å². The van der Waals surface area contributed by atoms with Gasteiger partial charge in [0, 0.05) is 18.2 Å². The van der Waals surface area contributed by atoms with Crippen molar-refractivity contribution < 1.29 is 13.9 Å². The third-order valence-electron chi connectivity index (χ3n) is 4.31. The Bertz CT molecular complexity index is 693. The molecule has 1 aliphatic heterocycles. The number of piperidine rings is 1. The SMILES string of the molecule is O=C(CN1CCCC(COc2ccccc2)C1)Nc1cccc(F)c1. The number of likely N-dealkylation sites (tertiary alicyclic amines) is 1. The summed E-state index contributed by atoms with van der Waals surface area (Å²) in [7, 11) is 0. The van der Waals surface area contributed by atoms with E-state index in [9.17, 15) is 9.18 Å². The monoisotopic (exact) mass is 342 g/mol. The van der Waals surface area contributed by atoms with E-state index in [-0.39, 0.29) is 11.7 Å². The first-order valence-corrected chi connectivity index (χ1v) is 8.64. The molecule has 1 heterocycles. The fourth-order valence-electron chi connectivity index (χ4n) is 3.13. The van der Waals surface area contributed by atoms with Gasteiger partial charge < -0.3 is 10.1 Å². The molecule has 0 saturated carbocycles. The predicted octanol–water partition coefficient (Wildman–Crippen LogP) is 3.56. The molecule has 1 N–H and O–H groups in total. The molecular formula is C20H23FN2O2. The number of carbonyl (C=O) groups is 1. The first-order valence-electron chi connectivity index (χ1n) is 8.64. The number of nitrogens with zero attached hydrogens (tertiary/aromatic N) is 1. The van der Waals surface area contributed by atoms with E-state index in [4.69, 9.17) is 4.74 Å². The van der Waals surface area contributed by atoms with Crippen molar-refractivity contribution >= 4 is 11.6 Å². The van der Waals surface area contributed by atoms with Crippen LogP contribution in [0.15, 0.2) is 54.6 Å². The van der Waals surface area contributed by atoms with Crippen molar-refractivity contribution in [2.75, 3.05) is 31.6 Å². The van der Waals surface area contributed by atoms with Gasteiger partial charge in [-0.3, -0.25) is 9.69 Å². The molecular weight excluding hydrogens is 319 g/mol. The first-order chi connectivity index (χ1) is 12.2. The van der Waals surface area contributed by atoms with Gasteiger partial charge in [-0.05, 0) is 49.7 Å². The van der Waals surface area contributed by atoms with E-state index in [1.165, 1.54) is 12.1 Å². The zero-order valence-corrected chi connectivity index (χ0v) is 14.2. The molecule has 0 bridgehead atoms. The smallest absolute Gasteiger partial charge is 0.238 e. The molecule has 3 rings (SSSR count). The van der Waals surface area contributed by atoms with Gasteiger partial charge in [-0.2, -0.15) is 0 Å². The zero-order chi connectivity index (χ0) is 17.5. The molecule has 0 radical (unpaired) electrons. The average molecular weight is 342 g/mol. The van der Waals surface area contributed by atoms with Crippen LogP contribution in [0.1, 0.15) is 12.8 Å². The standard InChI is InChI=1S/C20H23FN2O2/c21-17-7-4-8-18(12-17)22-20(24)14-23-11-5-6-16(13-23)15-25-19-9-2-1-3-10-19/h1-4,7-10,12,16H,5-6,11,13-15H2,(H,22,24). The fraction of sp³-hybridized carbons (Fsp3) is 0.350. The van der Waals surface area contributed by atoms with Crippen molar-refractivity contribution in [1.29, 1.82) is 0 Å². The van der Waals surface area contributed by atoms with E-state index in [1.807, 2.05) is 30.3 Å². The number of anilines is 1. The molecule has 2 aromatic rings. The van der Waals surface area contributed by atoms with Crippen molar-refractivity contribution in [3.8, 4) is 5.75 Å². The van der Waals surface area contributed by atoms with Gasteiger partial charge in [-0.15, -0.1) is 0 Å². The summed E-state index contributed by atoms with van der Waals surface area (Å²) in [6.45, 7) is 2.71. The molecule has 1 fully saturated rings. The van der Waals surface area contributed by atoms with Crippen molar-refractivity contribution in [2.24, 2.45) is 5.92 Å². The largest absolute Gasteiger partial charge is 0.493 e.